The van der Waals surface area contributed by atoms with Gasteiger partial charge in [0.05, 0.1) is 0 Å². The fraction of sp³-hybridized carbons (Fsp3) is 0.250. The number of likely N-dealkylation sites (N-methyl/N-ethyl adjacent to an activating group) is 1. The van der Waals surface area contributed by atoms with Crippen LogP contribution in [0.25, 0.3) is 0 Å². The summed E-state index contributed by atoms with van der Waals surface area (Å²) in [6.07, 6.45) is 0. The van der Waals surface area contributed by atoms with E-state index >= 15 is 0 Å². The molecule has 0 aliphatic carbocycles. The second-order valence-corrected chi connectivity index (χ2v) is 6.62. The normalized spacial score (nSPS) is 12.7. The first kappa shape index (κ1) is 16.8. The lowest BCUT2D eigenvalue weighted by Crippen LogP contribution is -2.30. The molecule has 0 saturated carbocycles. The van der Waals surface area contributed by atoms with E-state index in [1.54, 1.807) is 6.07 Å². The van der Waals surface area contributed by atoms with Crippen molar-refractivity contribution in [1.29, 1.82) is 0 Å². The molecule has 2 aromatic rings. The third-order valence-corrected chi connectivity index (χ3v) is 4.79. The number of nitrogens with zero attached hydrogens (tertiary/aromatic N) is 1. The van der Waals surface area contributed by atoms with E-state index in [-0.39, 0.29) is 6.04 Å². The number of halogens is 3. The van der Waals surface area contributed by atoms with Crippen LogP contribution in [0.4, 0.5) is 0 Å². The third-order valence-electron chi connectivity index (χ3n) is 3.45. The van der Waals surface area contributed by atoms with Gasteiger partial charge in [0, 0.05) is 33.6 Å². The zero-order valence-electron chi connectivity index (χ0n) is 11.7. The Morgan fingerprint density at radius 1 is 1.19 bits per heavy atom. The van der Waals surface area contributed by atoms with Crippen LogP contribution in [0, 0.1) is 0 Å². The Morgan fingerprint density at radius 2 is 1.90 bits per heavy atom. The highest BCUT2D eigenvalue weighted by atomic mass is 79.9. The molecule has 0 saturated heterocycles. The molecule has 2 N–H and O–H groups in total. The van der Waals surface area contributed by atoms with E-state index in [0.717, 1.165) is 16.6 Å². The SMILES string of the molecule is CN(Cc1ccccc1Br)C(CN)c1ccc(Cl)cc1Cl. The summed E-state index contributed by atoms with van der Waals surface area (Å²) in [5.74, 6) is 0. The summed E-state index contributed by atoms with van der Waals surface area (Å²) >= 11 is 15.8. The number of hydrogen-bond acceptors (Lipinski definition) is 2. The fourth-order valence-corrected chi connectivity index (χ4v) is 3.27. The Bertz CT molecular complexity index is 619. The van der Waals surface area contributed by atoms with Crippen molar-refractivity contribution < 1.29 is 0 Å². The van der Waals surface area contributed by atoms with Crippen molar-refractivity contribution in [2.45, 2.75) is 12.6 Å². The maximum absolute atomic E-state index is 6.31. The summed E-state index contributed by atoms with van der Waals surface area (Å²) in [5, 5.41) is 1.28. The highest BCUT2D eigenvalue weighted by Crippen LogP contribution is 2.30. The number of rotatable bonds is 5. The van der Waals surface area contributed by atoms with Crippen LogP contribution in [0.2, 0.25) is 10.0 Å². The van der Waals surface area contributed by atoms with Crippen LogP contribution in [-0.4, -0.2) is 18.5 Å². The Balaban J connectivity index is 2.22. The molecule has 5 heteroatoms. The Hall–Kier alpha value is -0.580. The van der Waals surface area contributed by atoms with Crippen LogP contribution in [0.3, 0.4) is 0 Å². The molecular weight excluding hydrogens is 371 g/mol. The average Bonchev–Trinajstić information content (AvgIpc) is 2.44. The van der Waals surface area contributed by atoms with E-state index < -0.39 is 0 Å². The van der Waals surface area contributed by atoms with Crippen molar-refractivity contribution in [2.75, 3.05) is 13.6 Å². The van der Waals surface area contributed by atoms with Crippen molar-refractivity contribution >= 4 is 39.1 Å². The van der Waals surface area contributed by atoms with Crippen LogP contribution in [0.15, 0.2) is 46.9 Å². The molecule has 21 heavy (non-hydrogen) atoms. The minimum atomic E-state index is 0.0434. The van der Waals surface area contributed by atoms with Crippen LogP contribution in [0.5, 0.6) is 0 Å². The van der Waals surface area contributed by atoms with Crippen molar-refractivity contribution in [2.24, 2.45) is 5.73 Å². The van der Waals surface area contributed by atoms with E-state index in [2.05, 4.69) is 26.9 Å². The van der Waals surface area contributed by atoms with Crippen LogP contribution in [0.1, 0.15) is 17.2 Å². The zero-order valence-corrected chi connectivity index (χ0v) is 14.8. The molecule has 0 aliphatic rings. The Kier molecular flexibility index (Phi) is 6.08. The summed E-state index contributed by atoms with van der Waals surface area (Å²) in [6, 6.07) is 13.8. The molecule has 1 unspecified atom stereocenters. The molecular formula is C16H17BrCl2N2. The van der Waals surface area contributed by atoms with Gasteiger partial charge in [0.1, 0.15) is 0 Å². The van der Waals surface area contributed by atoms with Gasteiger partial charge in [0.25, 0.3) is 0 Å². The lowest BCUT2D eigenvalue weighted by atomic mass is 10.0. The van der Waals surface area contributed by atoms with Crippen molar-refractivity contribution in [3.63, 3.8) is 0 Å². The molecule has 1 atom stereocenters. The van der Waals surface area contributed by atoms with Gasteiger partial charge >= 0.3 is 0 Å². The molecule has 0 fully saturated rings. The lowest BCUT2D eigenvalue weighted by Gasteiger charge is -2.28. The van der Waals surface area contributed by atoms with E-state index in [1.807, 2.05) is 37.4 Å². The minimum Gasteiger partial charge on any atom is -0.329 e. The summed E-state index contributed by atoms with van der Waals surface area (Å²) in [5.41, 5.74) is 8.17. The number of nitrogens with two attached hydrogens (primary N) is 1. The summed E-state index contributed by atoms with van der Waals surface area (Å²) in [6.45, 7) is 1.27. The van der Waals surface area contributed by atoms with Gasteiger partial charge in [0.15, 0.2) is 0 Å². The topological polar surface area (TPSA) is 29.3 Å². The molecule has 2 nitrogen and oxygen atoms in total. The van der Waals surface area contributed by atoms with E-state index in [1.165, 1.54) is 5.56 Å². The molecule has 0 bridgehead atoms. The number of benzene rings is 2. The minimum absolute atomic E-state index is 0.0434. The molecule has 2 rings (SSSR count). The van der Waals surface area contributed by atoms with E-state index in [0.29, 0.717) is 16.6 Å². The molecule has 112 valence electrons. The van der Waals surface area contributed by atoms with Gasteiger partial charge < -0.3 is 5.73 Å². The highest BCUT2D eigenvalue weighted by molar-refractivity contribution is 9.10. The average molecular weight is 388 g/mol. The first-order chi connectivity index (χ1) is 10.0. The lowest BCUT2D eigenvalue weighted by molar-refractivity contribution is 0.241. The first-order valence-electron chi connectivity index (χ1n) is 6.61. The second-order valence-electron chi connectivity index (χ2n) is 4.92. The van der Waals surface area contributed by atoms with Gasteiger partial charge in [0.2, 0.25) is 0 Å². The molecule has 0 radical (unpaired) electrons. The van der Waals surface area contributed by atoms with Gasteiger partial charge in [-0.3, -0.25) is 4.90 Å². The van der Waals surface area contributed by atoms with E-state index in [4.69, 9.17) is 28.9 Å². The third kappa shape index (κ3) is 4.21. The van der Waals surface area contributed by atoms with Crippen LogP contribution < -0.4 is 5.73 Å². The molecule has 0 amide bonds. The fourth-order valence-electron chi connectivity index (χ4n) is 2.32. The van der Waals surface area contributed by atoms with Gasteiger partial charge in [-0.15, -0.1) is 0 Å². The van der Waals surface area contributed by atoms with Gasteiger partial charge in [-0.2, -0.15) is 0 Å². The molecule has 0 aliphatic heterocycles. The van der Waals surface area contributed by atoms with Crippen molar-refractivity contribution in [3.8, 4) is 0 Å². The monoisotopic (exact) mass is 386 g/mol. The highest BCUT2D eigenvalue weighted by Gasteiger charge is 2.19. The zero-order chi connectivity index (χ0) is 15.4. The largest absolute Gasteiger partial charge is 0.329 e. The molecule has 0 heterocycles. The second kappa shape index (κ2) is 7.61. The molecule has 0 spiro atoms. The predicted octanol–water partition coefficient (Wildman–Crippen LogP) is 4.89. The Morgan fingerprint density at radius 3 is 2.52 bits per heavy atom. The summed E-state index contributed by atoms with van der Waals surface area (Å²) in [4.78, 5) is 2.19. The standard InChI is InChI=1S/C16H17BrCl2N2/c1-21(10-11-4-2-3-5-14(11)17)16(9-20)13-7-6-12(18)8-15(13)19/h2-8,16H,9-10,20H2,1H3. The first-order valence-corrected chi connectivity index (χ1v) is 8.16. The van der Waals surface area contributed by atoms with Gasteiger partial charge in [-0.05, 0) is 36.4 Å². The van der Waals surface area contributed by atoms with Crippen molar-refractivity contribution in [3.05, 3.63) is 68.1 Å². The Labute approximate surface area is 144 Å². The quantitative estimate of drug-likeness (QED) is 0.791. The smallest absolute Gasteiger partial charge is 0.0485 e. The van der Waals surface area contributed by atoms with Crippen LogP contribution >= 0.6 is 39.1 Å². The maximum atomic E-state index is 6.31. The maximum Gasteiger partial charge on any atom is 0.0485 e. The van der Waals surface area contributed by atoms with Crippen molar-refractivity contribution in [1.82, 2.24) is 4.90 Å². The molecule has 0 aromatic heterocycles. The summed E-state index contributed by atoms with van der Waals surface area (Å²) in [7, 11) is 2.04. The predicted molar refractivity (Wildman–Crippen MR) is 93.9 cm³/mol. The number of hydrogen-bond donors (Lipinski definition) is 1. The molecule has 2 aromatic carbocycles. The summed E-state index contributed by atoms with van der Waals surface area (Å²) < 4.78 is 1.09. The van der Waals surface area contributed by atoms with Crippen LogP contribution in [-0.2, 0) is 6.54 Å². The van der Waals surface area contributed by atoms with Gasteiger partial charge in [-0.25, -0.2) is 0 Å². The van der Waals surface area contributed by atoms with Gasteiger partial charge in [-0.1, -0.05) is 63.4 Å². The van der Waals surface area contributed by atoms with E-state index in [9.17, 15) is 0 Å².